The number of aryl methyl sites for hydroxylation is 1. The van der Waals surface area contributed by atoms with Crippen LogP contribution in [-0.2, 0) is 17.3 Å². The van der Waals surface area contributed by atoms with E-state index in [9.17, 15) is 0 Å². The number of rotatable bonds is 36. The Morgan fingerprint density at radius 2 is 0.711 bits per heavy atom. The van der Waals surface area contributed by atoms with Gasteiger partial charge in [-0.2, -0.15) is 0 Å². The molecule has 0 fully saturated rings. The lowest BCUT2D eigenvalue weighted by molar-refractivity contribution is 0.398. The molecule has 0 saturated carbocycles. The highest BCUT2D eigenvalue weighted by Crippen LogP contribution is 2.58. The van der Waals surface area contributed by atoms with E-state index < -0.39 is 11.6 Å². The molecule has 4 heteroatoms. The molecule has 6 aromatic rings. The fraction of sp³-hybridized carbons (Fsp3) is 0.569. The highest BCUT2D eigenvalue weighted by Gasteiger charge is 2.44. The van der Waals surface area contributed by atoms with E-state index in [1.54, 1.807) is 11.3 Å². The maximum Gasteiger partial charge on any atom is 0.169 e. The second kappa shape index (κ2) is 29.2. The van der Waals surface area contributed by atoms with E-state index in [1.807, 2.05) is 0 Å². The molecule has 0 amide bonds. The Labute approximate surface area is 464 Å². The quantitative estimate of drug-likeness (QED) is 0.0357. The van der Waals surface area contributed by atoms with Gasteiger partial charge in [-0.1, -0.05) is 287 Å². The lowest BCUT2D eigenvalue weighted by Gasteiger charge is -2.33. The molecule has 1 heterocycles. The number of halogens is 2. The SMILES string of the molecule is CCCCCCCCC1(CCCCCCCC)c2ccccc2-c2ccc(-c3c(F)c(F)c(-c4ccc5c(c4)C(CCCCCCCC)(CCCCCCCC)c4ccccc4-5)c4sc(CCCCCCC)nc34)cc21. The normalized spacial score (nSPS) is 13.9. The minimum absolute atomic E-state index is 0.164. The van der Waals surface area contributed by atoms with Gasteiger partial charge >= 0.3 is 0 Å². The van der Waals surface area contributed by atoms with Gasteiger partial charge in [0.05, 0.1) is 15.2 Å². The summed E-state index contributed by atoms with van der Waals surface area (Å²) in [4.78, 5) is 5.42. The van der Waals surface area contributed by atoms with Crippen LogP contribution in [0.1, 0.15) is 274 Å². The van der Waals surface area contributed by atoms with Crippen molar-refractivity contribution >= 4 is 21.6 Å². The van der Waals surface area contributed by atoms with Gasteiger partial charge in [0.25, 0.3) is 0 Å². The van der Waals surface area contributed by atoms with Gasteiger partial charge in [0, 0.05) is 22.0 Å². The highest BCUT2D eigenvalue weighted by atomic mass is 32.1. The van der Waals surface area contributed by atoms with Gasteiger partial charge in [-0.25, -0.2) is 13.8 Å². The van der Waals surface area contributed by atoms with Gasteiger partial charge in [0.15, 0.2) is 11.6 Å². The van der Waals surface area contributed by atoms with Crippen molar-refractivity contribution in [1.29, 1.82) is 0 Å². The zero-order chi connectivity index (χ0) is 53.2. The summed E-state index contributed by atoms with van der Waals surface area (Å²) < 4.78 is 37.0. The number of unbranched alkanes of at least 4 members (excludes halogenated alkanes) is 24. The highest BCUT2D eigenvalue weighted by molar-refractivity contribution is 7.19. The third-order valence-electron chi connectivity index (χ3n) is 18.2. The van der Waals surface area contributed by atoms with Gasteiger partial charge in [-0.3, -0.25) is 0 Å². The second-order valence-electron chi connectivity index (χ2n) is 23.7. The van der Waals surface area contributed by atoms with Crippen LogP contribution in [0.2, 0.25) is 0 Å². The smallest absolute Gasteiger partial charge is 0.169 e. The van der Waals surface area contributed by atoms with E-state index in [0.717, 1.165) is 78.6 Å². The summed E-state index contributed by atoms with van der Waals surface area (Å²) in [7, 11) is 0. The van der Waals surface area contributed by atoms with Crippen LogP contribution in [0.15, 0.2) is 84.9 Å². The van der Waals surface area contributed by atoms with Crippen LogP contribution < -0.4 is 0 Å². The summed E-state index contributed by atoms with van der Waals surface area (Å²) in [5.41, 5.74) is 13.2. The Morgan fingerprint density at radius 1 is 0.368 bits per heavy atom. The number of aromatic nitrogens is 1. The number of nitrogens with zero attached hydrogens (tertiary/aromatic N) is 1. The largest absolute Gasteiger partial charge is 0.240 e. The van der Waals surface area contributed by atoms with Crippen molar-refractivity contribution in [2.24, 2.45) is 0 Å². The monoisotopic (exact) mass is 1050 g/mol. The first kappa shape index (κ1) is 58.0. The van der Waals surface area contributed by atoms with Gasteiger partial charge in [-0.05, 0) is 106 Å². The molecule has 0 aliphatic heterocycles. The molecular weight excluding hydrogens is 949 g/mol. The summed E-state index contributed by atoms with van der Waals surface area (Å²) in [6.45, 7) is 11.4. The van der Waals surface area contributed by atoms with E-state index in [4.69, 9.17) is 4.98 Å². The molecule has 0 bridgehead atoms. The fourth-order valence-electron chi connectivity index (χ4n) is 14.0. The van der Waals surface area contributed by atoms with E-state index in [0.29, 0.717) is 16.6 Å². The number of benzene rings is 5. The maximum atomic E-state index is 18.1. The molecule has 2 aliphatic carbocycles. The zero-order valence-corrected chi connectivity index (χ0v) is 49.1. The minimum Gasteiger partial charge on any atom is -0.240 e. The molecule has 0 spiro atoms. The Kier molecular flexibility index (Phi) is 22.3. The molecule has 0 radical (unpaired) electrons. The third-order valence-corrected chi connectivity index (χ3v) is 19.3. The van der Waals surface area contributed by atoms with E-state index >= 15 is 8.78 Å². The first-order chi connectivity index (χ1) is 37.4. The standard InChI is InChI=1S/C72H97F2NS/c1-6-11-16-21-26-35-48-71(49-36-27-22-17-12-7-2)60-41-33-31-39-56(60)58-46-44-54(52-62(58)71)65-67(73)68(74)66(70-69(65)75-64(76-70)43-30-25-20-15-10-5)55-45-47-59-57-40-32-34-42-61(57)72(63(59)53-55,50-37-28-23-18-13-8-3)51-38-29-24-19-14-9-4/h31-34,39-42,44-47,52-53H,6-30,35-38,43,48-51H2,1-5H3. The summed E-state index contributed by atoms with van der Waals surface area (Å²) in [6, 6.07) is 31.5. The van der Waals surface area contributed by atoms with Crippen molar-refractivity contribution in [3.05, 3.63) is 124 Å². The minimum atomic E-state index is -0.760. The summed E-state index contributed by atoms with van der Waals surface area (Å²) >= 11 is 1.62. The number of fused-ring (bicyclic) bond motifs is 7. The molecular formula is C72H97F2NS. The van der Waals surface area contributed by atoms with Crippen LogP contribution in [0.4, 0.5) is 8.78 Å². The van der Waals surface area contributed by atoms with Crippen molar-refractivity contribution in [2.45, 2.75) is 264 Å². The van der Waals surface area contributed by atoms with Crippen LogP contribution >= 0.6 is 11.3 Å². The van der Waals surface area contributed by atoms with Crippen molar-refractivity contribution < 1.29 is 8.78 Å². The summed E-state index contributed by atoms with van der Waals surface area (Å²) in [6.07, 6.45) is 41.0. The first-order valence-electron chi connectivity index (χ1n) is 31.7. The van der Waals surface area contributed by atoms with E-state index in [-0.39, 0.29) is 10.8 Å². The average molecular weight is 1050 g/mol. The van der Waals surface area contributed by atoms with E-state index in [1.165, 1.54) is 205 Å². The molecule has 8 rings (SSSR count). The van der Waals surface area contributed by atoms with Gasteiger partial charge in [0.2, 0.25) is 0 Å². The Bertz CT molecular complexity index is 2530. The maximum absolute atomic E-state index is 18.1. The summed E-state index contributed by atoms with van der Waals surface area (Å²) in [5.74, 6) is -1.49. The molecule has 410 valence electrons. The number of hydrogen-bond donors (Lipinski definition) is 0. The Hall–Kier alpha value is -4.15. The Balaban J connectivity index is 1.24. The van der Waals surface area contributed by atoms with Gasteiger partial charge in [0.1, 0.15) is 0 Å². The van der Waals surface area contributed by atoms with Crippen LogP contribution in [0.3, 0.4) is 0 Å². The summed E-state index contributed by atoms with van der Waals surface area (Å²) in [5, 5.41) is 0.988. The van der Waals surface area contributed by atoms with E-state index in [2.05, 4.69) is 120 Å². The molecule has 0 N–H and O–H groups in total. The molecule has 76 heavy (non-hydrogen) atoms. The third kappa shape index (κ3) is 13.1. The molecule has 1 nitrogen and oxygen atoms in total. The average Bonchev–Trinajstić information content (AvgIpc) is 4.11. The first-order valence-corrected chi connectivity index (χ1v) is 32.5. The molecule has 1 aromatic heterocycles. The molecule has 5 aromatic carbocycles. The lowest BCUT2D eigenvalue weighted by Crippen LogP contribution is -2.25. The molecule has 0 saturated heterocycles. The van der Waals surface area contributed by atoms with Crippen LogP contribution in [0, 0.1) is 11.6 Å². The van der Waals surface area contributed by atoms with Gasteiger partial charge < -0.3 is 0 Å². The molecule has 0 atom stereocenters. The van der Waals surface area contributed by atoms with Crippen LogP contribution in [0.5, 0.6) is 0 Å². The van der Waals surface area contributed by atoms with Crippen LogP contribution in [0.25, 0.3) is 54.7 Å². The van der Waals surface area contributed by atoms with Crippen molar-refractivity contribution in [3.8, 4) is 44.5 Å². The molecule has 0 unspecified atom stereocenters. The predicted molar refractivity (Wildman–Crippen MR) is 327 cm³/mol. The molecule has 2 aliphatic rings. The fourth-order valence-corrected chi connectivity index (χ4v) is 15.2. The van der Waals surface area contributed by atoms with Gasteiger partial charge in [-0.15, -0.1) is 11.3 Å². The van der Waals surface area contributed by atoms with Crippen LogP contribution in [-0.4, -0.2) is 4.98 Å². The second-order valence-corrected chi connectivity index (χ2v) is 24.8. The number of hydrogen-bond acceptors (Lipinski definition) is 2. The lowest BCUT2D eigenvalue weighted by atomic mass is 9.70. The zero-order valence-electron chi connectivity index (χ0n) is 48.2. The van der Waals surface area contributed by atoms with Crippen molar-refractivity contribution in [1.82, 2.24) is 4.98 Å². The topological polar surface area (TPSA) is 12.9 Å². The predicted octanol–water partition coefficient (Wildman–Crippen LogP) is 24.0. The Morgan fingerprint density at radius 3 is 1.13 bits per heavy atom. The van der Waals surface area contributed by atoms with Crippen molar-refractivity contribution in [3.63, 3.8) is 0 Å². The van der Waals surface area contributed by atoms with Crippen molar-refractivity contribution in [2.75, 3.05) is 0 Å². The number of thiazole rings is 1.